The summed E-state index contributed by atoms with van der Waals surface area (Å²) in [5.74, 6) is 0.256. The van der Waals surface area contributed by atoms with E-state index in [0.29, 0.717) is 28.6 Å². The molecule has 1 aromatic carbocycles. The van der Waals surface area contributed by atoms with E-state index in [1.165, 1.54) is 6.20 Å². The first-order valence-electron chi connectivity index (χ1n) is 7.23. The van der Waals surface area contributed by atoms with Gasteiger partial charge in [-0.15, -0.1) is 0 Å². The van der Waals surface area contributed by atoms with Crippen LogP contribution >= 0.6 is 0 Å². The molecule has 0 saturated carbocycles. The first kappa shape index (κ1) is 15.8. The van der Waals surface area contributed by atoms with E-state index < -0.39 is 0 Å². The van der Waals surface area contributed by atoms with Gasteiger partial charge in [0.15, 0.2) is 6.61 Å². The molecule has 24 heavy (non-hydrogen) atoms. The number of hydrogen-bond acceptors (Lipinski definition) is 6. The van der Waals surface area contributed by atoms with Gasteiger partial charge in [0.2, 0.25) is 5.88 Å². The first-order valence-corrected chi connectivity index (χ1v) is 7.23. The minimum Gasteiger partial charge on any atom is -0.482 e. The maximum Gasteiger partial charge on any atom is 0.262 e. The Labute approximate surface area is 137 Å². The van der Waals surface area contributed by atoms with Gasteiger partial charge in [-0.25, -0.2) is 4.98 Å². The fourth-order valence-corrected chi connectivity index (χ4v) is 2.11. The van der Waals surface area contributed by atoms with E-state index in [-0.39, 0.29) is 31.6 Å². The molecule has 0 saturated heterocycles. The zero-order valence-electron chi connectivity index (χ0n) is 12.6. The van der Waals surface area contributed by atoms with E-state index in [9.17, 15) is 9.59 Å². The number of pyridine rings is 1. The summed E-state index contributed by atoms with van der Waals surface area (Å²) in [6.07, 6.45) is 1.46. The third kappa shape index (κ3) is 3.61. The second-order valence-corrected chi connectivity index (χ2v) is 4.96. The second kappa shape index (κ2) is 6.97. The standard InChI is InChI=1S/C16H15N3O5/c20-5-6-23-15-4-2-11(8-17-15)18-16(22)10-1-3-12-13(7-10)24-9-14(21)19-12/h1-4,7-8,20H,5-6,9H2,(H,18,22)(H,19,21). The molecule has 0 radical (unpaired) electrons. The van der Waals surface area contributed by atoms with Crippen LogP contribution < -0.4 is 20.1 Å². The molecule has 1 aliphatic heterocycles. The SMILES string of the molecule is O=C1COc2cc(C(=O)Nc3ccc(OCCO)nc3)ccc2N1. The van der Waals surface area contributed by atoms with Crippen molar-refractivity contribution in [2.75, 3.05) is 30.5 Å². The van der Waals surface area contributed by atoms with Crippen molar-refractivity contribution >= 4 is 23.2 Å². The fraction of sp³-hybridized carbons (Fsp3) is 0.188. The fourth-order valence-electron chi connectivity index (χ4n) is 2.11. The van der Waals surface area contributed by atoms with E-state index in [0.717, 1.165) is 0 Å². The Morgan fingerprint density at radius 1 is 1.38 bits per heavy atom. The molecule has 0 unspecified atom stereocenters. The Morgan fingerprint density at radius 3 is 3.00 bits per heavy atom. The van der Waals surface area contributed by atoms with E-state index in [1.807, 2.05) is 0 Å². The molecule has 0 bridgehead atoms. The number of hydrogen-bond donors (Lipinski definition) is 3. The molecule has 8 nitrogen and oxygen atoms in total. The summed E-state index contributed by atoms with van der Waals surface area (Å²) in [6.45, 7) is -0.0112. The number of aliphatic hydroxyl groups excluding tert-OH is 1. The first-order chi connectivity index (χ1) is 11.7. The van der Waals surface area contributed by atoms with Gasteiger partial charge in [-0.1, -0.05) is 0 Å². The van der Waals surface area contributed by atoms with Crippen LogP contribution in [0.5, 0.6) is 11.6 Å². The summed E-state index contributed by atoms with van der Waals surface area (Å²) < 4.78 is 10.4. The quantitative estimate of drug-likeness (QED) is 0.756. The van der Waals surface area contributed by atoms with Crippen molar-refractivity contribution in [3.63, 3.8) is 0 Å². The molecule has 1 aliphatic rings. The molecule has 0 spiro atoms. The van der Waals surface area contributed by atoms with E-state index >= 15 is 0 Å². The van der Waals surface area contributed by atoms with Crippen molar-refractivity contribution in [2.45, 2.75) is 0 Å². The lowest BCUT2D eigenvalue weighted by atomic mass is 10.1. The molecule has 0 atom stereocenters. The highest BCUT2D eigenvalue weighted by Crippen LogP contribution is 2.28. The molecular weight excluding hydrogens is 314 g/mol. The normalized spacial score (nSPS) is 12.6. The number of carbonyl (C=O) groups is 2. The topological polar surface area (TPSA) is 110 Å². The number of carbonyl (C=O) groups excluding carboxylic acids is 2. The molecule has 124 valence electrons. The van der Waals surface area contributed by atoms with Gasteiger partial charge in [0.25, 0.3) is 11.8 Å². The number of rotatable bonds is 5. The van der Waals surface area contributed by atoms with Gasteiger partial charge < -0.3 is 25.2 Å². The van der Waals surface area contributed by atoms with Crippen LogP contribution in [0.4, 0.5) is 11.4 Å². The number of fused-ring (bicyclic) bond motifs is 1. The highest BCUT2D eigenvalue weighted by Gasteiger charge is 2.18. The monoisotopic (exact) mass is 329 g/mol. The number of benzene rings is 1. The van der Waals surface area contributed by atoms with Gasteiger partial charge in [0.05, 0.1) is 24.2 Å². The lowest BCUT2D eigenvalue weighted by Crippen LogP contribution is -2.25. The Bertz CT molecular complexity index is 761. The Hall–Kier alpha value is -3.13. The minimum absolute atomic E-state index is 0.0721. The Kier molecular flexibility index (Phi) is 4.57. The molecular formula is C16H15N3O5. The van der Waals surface area contributed by atoms with Crippen LogP contribution in [0.1, 0.15) is 10.4 Å². The third-order valence-corrected chi connectivity index (χ3v) is 3.21. The lowest BCUT2D eigenvalue weighted by molar-refractivity contribution is -0.118. The number of nitrogens with zero attached hydrogens (tertiary/aromatic N) is 1. The van der Waals surface area contributed by atoms with Crippen molar-refractivity contribution in [1.29, 1.82) is 0 Å². The smallest absolute Gasteiger partial charge is 0.262 e. The number of nitrogens with one attached hydrogen (secondary N) is 2. The van der Waals surface area contributed by atoms with Crippen molar-refractivity contribution in [3.05, 3.63) is 42.1 Å². The lowest BCUT2D eigenvalue weighted by Gasteiger charge is -2.18. The van der Waals surface area contributed by atoms with Crippen LogP contribution in [0.15, 0.2) is 36.5 Å². The van der Waals surface area contributed by atoms with Crippen LogP contribution in [-0.2, 0) is 4.79 Å². The highest BCUT2D eigenvalue weighted by atomic mass is 16.5. The van der Waals surface area contributed by atoms with Crippen molar-refractivity contribution in [1.82, 2.24) is 4.98 Å². The van der Waals surface area contributed by atoms with Gasteiger partial charge in [-0.05, 0) is 24.3 Å². The predicted molar refractivity (Wildman–Crippen MR) is 85.3 cm³/mol. The van der Waals surface area contributed by atoms with Gasteiger partial charge in [0, 0.05) is 11.6 Å². The average Bonchev–Trinajstić information content (AvgIpc) is 2.60. The molecule has 0 fully saturated rings. The van der Waals surface area contributed by atoms with Crippen LogP contribution in [-0.4, -0.2) is 41.7 Å². The number of aliphatic hydroxyl groups is 1. The maximum absolute atomic E-state index is 12.3. The minimum atomic E-state index is -0.330. The van der Waals surface area contributed by atoms with Gasteiger partial charge in [0.1, 0.15) is 12.4 Å². The Balaban J connectivity index is 1.67. The molecule has 2 aromatic rings. The summed E-state index contributed by atoms with van der Waals surface area (Å²) in [5.41, 5.74) is 1.43. The van der Waals surface area contributed by atoms with Gasteiger partial charge in [-0.3, -0.25) is 9.59 Å². The molecule has 2 heterocycles. The van der Waals surface area contributed by atoms with E-state index in [4.69, 9.17) is 14.6 Å². The van der Waals surface area contributed by atoms with Gasteiger partial charge in [-0.2, -0.15) is 0 Å². The summed E-state index contributed by atoms with van der Waals surface area (Å²) >= 11 is 0. The second-order valence-electron chi connectivity index (χ2n) is 4.96. The van der Waals surface area contributed by atoms with Crippen molar-refractivity contribution in [3.8, 4) is 11.6 Å². The number of ether oxygens (including phenoxy) is 2. The number of anilines is 2. The predicted octanol–water partition coefficient (Wildman–Crippen LogP) is 1.04. The molecule has 1 aromatic heterocycles. The maximum atomic E-state index is 12.3. The largest absolute Gasteiger partial charge is 0.482 e. The molecule has 3 rings (SSSR count). The zero-order valence-corrected chi connectivity index (χ0v) is 12.6. The summed E-state index contributed by atoms with van der Waals surface area (Å²) in [4.78, 5) is 27.5. The number of aromatic nitrogens is 1. The third-order valence-electron chi connectivity index (χ3n) is 3.21. The zero-order chi connectivity index (χ0) is 16.9. The average molecular weight is 329 g/mol. The van der Waals surface area contributed by atoms with Gasteiger partial charge >= 0.3 is 0 Å². The van der Waals surface area contributed by atoms with Crippen LogP contribution in [0.3, 0.4) is 0 Å². The van der Waals surface area contributed by atoms with E-state index in [1.54, 1.807) is 30.3 Å². The molecule has 8 heteroatoms. The summed E-state index contributed by atoms with van der Waals surface area (Å²) in [5, 5.41) is 14.1. The van der Waals surface area contributed by atoms with Crippen LogP contribution in [0.2, 0.25) is 0 Å². The summed E-state index contributed by atoms with van der Waals surface area (Å²) in [7, 11) is 0. The van der Waals surface area contributed by atoms with Crippen molar-refractivity contribution < 1.29 is 24.2 Å². The highest BCUT2D eigenvalue weighted by molar-refractivity contribution is 6.05. The summed E-state index contributed by atoms with van der Waals surface area (Å²) in [6, 6.07) is 8.01. The molecule has 0 aliphatic carbocycles. The molecule has 3 N–H and O–H groups in total. The van der Waals surface area contributed by atoms with Crippen LogP contribution in [0, 0.1) is 0 Å². The van der Waals surface area contributed by atoms with E-state index in [2.05, 4.69) is 15.6 Å². The number of amides is 2. The van der Waals surface area contributed by atoms with Crippen LogP contribution in [0.25, 0.3) is 0 Å². The van der Waals surface area contributed by atoms with Crippen molar-refractivity contribution in [2.24, 2.45) is 0 Å². The molecule has 2 amide bonds. The Morgan fingerprint density at radius 2 is 2.25 bits per heavy atom.